The summed E-state index contributed by atoms with van der Waals surface area (Å²) in [6.45, 7) is 0.260. The molecule has 8 heteroatoms. The van der Waals surface area contributed by atoms with Gasteiger partial charge in [0.1, 0.15) is 5.75 Å². The van der Waals surface area contributed by atoms with Crippen molar-refractivity contribution in [3.8, 4) is 17.2 Å². The Morgan fingerprint density at radius 2 is 1.71 bits per heavy atom. The van der Waals surface area contributed by atoms with E-state index in [1.54, 1.807) is 36.3 Å². The highest BCUT2D eigenvalue weighted by Gasteiger charge is 2.36. The van der Waals surface area contributed by atoms with E-state index in [9.17, 15) is 9.59 Å². The lowest BCUT2D eigenvalue weighted by molar-refractivity contribution is -0.122. The summed E-state index contributed by atoms with van der Waals surface area (Å²) in [5, 5.41) is 3.10. The number of carbonyl (C=O) groups is 2. The van der Waals surface area contributed by atoms with Crippen LogP contribution in [0.3, 0.4) is 0 Å². The summed E-state index contributed by atoms with van der Waals surface area (Å²) in [5.74, 6) is 0.550. The first-order chi connectivity index (χ1) is 13.5. The van der Waals surface area contributed by atoms with Crippen LogP contribution >= 0.6 is 11.6 Å². The molecule has 2 amide bonds. The molecule has 1 unspecified atom stereocenters. The van der Waals surface area contributed by atoms with Gasteiger partial charge in [-0.05, 0) is 12.1 Å². The van der Waals surface area contributed by atoms with Crippen LogP contribution in [0.1, 0.15) is 6.42 Å². The molecule has 0 radical (unpaired) electrons. The molecule has 1 N–H and O–H groups in total. The van der Waals surface area contributed by atoms with Crippen LogP contribution < -0.4 is 24.4 Å². The Morgan fingerprint density at radius 1 is 1.07 bits per heavy atom. The maximum absolute atomic E-state index is 12.7. The van der Waals surface area contributed by atoms with Crippen LogP contribution in [0.5, 0.6) is 17.2 Å². The van der Waals surface area contributed by atoms with Gasteiger partial charge in [-0.2, -0.15) is 0 Å². The van der Waals surface area contributed by atoms with E-state index in [1.807, 2.05) is 12.1 Å². The van der Waals surface area contributed by atoms with Gasteiger partial charge in [0.05, 0.1) is 43.6 Å². The second-order valence-corrected chi connectivity index (χ2v) is 6.66. The van der Waals surface area contributed by atoms with Crippen LogP contribution in [0, 0.1) is 5.92 Å². The predicted octanol–water partition coefficient (Wildman–Crippen LogP) is 3.36. The van der Waals surface area contributed by atoms with Crippen molar-refractivity contribution >= 4 is 34.8 Å². The second-order valence-electron chi connectivity index (χ2n) is 6.25. The lowest BCUT2D eigenvalue weighted by atomic mass is 10.1. The smallest absolute Gasteiger partial charge is 0.229 e. The number of ether oxygens (including phenoxy) is 3. The monoisotopic (exact) mass is 404 g/mol. The molecule has 1 saturated heterocycles. The quantitative estimate of drug-likeness (QED) is 0.798. The fourth-order valence-corrected chi connectivity index (χ4v) is 3.35. The molecular weight excluding hydrogens is 384 g/mol. The molecule has 7 nitrogen and oxygen atoms in total. The number of amides is 2. The van der Waals surface area contributed by atoms with Crippen molar-refractivity contribution in [2.45, 2.75) is 6.42 Å². The SMILES string of the molecule is COc1cc(Cl)c(NC(=O)C2CC(=O)N(c3ccccc3OC)C2)cc1OC. The Balaban J connectivity index is 1.77. The molecule has 1 heterocycles. The average molecular weight is 405 g/mol. The third-order valence-electron chi connectivity index (χ3n) is 4.60. The molecule has 148 valence electrons. The third kappa shape index (κ3) is 3.84. The summed E-state index contributed by atoms with van der Waals surface area (Å²) in [7, 11) is 4.55. The van der Waals surface area contributed by atoms with Gasteiger partial charge < -0.3 is 24.4 Å². The van der Waals surface area contributed by atoms with Crippen molar-refractivity contribution < 1.29 is 23.8 Å². The minimum Gasteiger partial charge on any atom is -0.495 e. The number of benzene rings is 2. The largest absolute Gasteiger partial charge is 0.495 e. The van der Waals surface area contributed by atoms with E-state index < -0.39 is 5.92 Å². The minimum absolute atomic E-state index is 0.106. The molecule has 2 aromatic rings. The molecule has 0 bridgehead atoms. The van der Waals surface area contributed by atoms with E-state index in [-0.39, 0.29) is 24.8 Å². The van der Waals surface area contributed by atoms with Crippen LogP contribution in [-0.2, 0) is 9.59 Å². The number of para-hydroxylation sites is 2. The fraction of sp³-hybridized carbons (Fsp3) is 0.300. The van der Waals surface area contributed by atoms with Gasteiger partial charge in [-0.1, -0.05) is 23.7 Å². The molecule has 0 aliphatic carbocycles. The van der Waals surface area contributed by atoms with Crippen molar-refractivity contribution in [3.63, 3.8) is 0 Å². The number of methoxy groups -OCH3 is 3. The van der Waals surface area contributed by atoms with Crippen molar-refractivity contribution in [2.75, 3.05) is 38.1 Å². The zero-order valence-electron chi connectivity index (χ0n) is 15.8. The number of rotatable bonds is 6. The molecule has 0 saturated carbocycles. The molecule has 1 aliphatic heterocycles. The third-order valence-corrected chi connectivity index (χ3v) is 4.92. The van der Waals surface area contributed by atoms with Gasteiger partial charge in [0.2, 0.25) is 11.8 Å². The molecular formula is C20H21ClN2O5. The first kappa shape index (κ1) is 19.8. The highest BCUT2D eigenvalue weighted by molar-refractivity contribution is 6.34. The maximum atomic E-state index is 12.7. The first-order valence-corrected chi connectivity index (χ1v) is 9.02. The van der Waals surface area contributed by atoms with Crippen molar-refractivity contribution in [1.82, 2.24) is 0 Å². The molecule has 2 aromatic carbocycles. The molecule has 3 rings (SSSR count). The number of hydrogen-bond donors (Lipinski definition) is 1. The Morgan fingerprint density at radius 3 is 2.39 bits per heavy atom. The van der Waals surface area contributed by atoms with E-state index >= 15 is 0 Å². The lowest BCUT2D eigenvalue weighted by Crippen LogP contribution is -2.28. The first-order valence-electron chi connectivity index (χ1n) is 8.64. The number of anilines is 2. The van der Waals surface area contributed by atoms with Crippen LogP contribution in [0.4, 0.5) is 11.4 Å². The maximum Gasteiger partial charge on any atom is 0.229 e. The van der Waals surface area contributed by atoms with E-state index in [1.165, 1.54) is 14.2 Å². The Bertz CT molecular complexity index is 902. The Kier molecular flexibility index (Phi) is 5.94. The van der Waals surface area contributed by atoms with Crippen LogP contribution in [0.2, 0.25) is 5.02 Å². The van der Waals surface area contributed by atoms with Crippen molar-refractivity contribution in [3.05, 3.63) is 41.4 Å². The average Bonchev–Trinajstić information content (AvgIpc) is 3.10. The zero-order valence-corrected chi connectivity index (χ0v) is 16.6. The highest BCUT2D eigenvalue weighted by Crippen LogP contribution is 2.37. The minimum atomic E-state index is -0.512. The zero-order chi connectivity index (χ0) is 20.3. The van der Waals surface area contributed by atoms with Crippen LogP contribution in [0.25, 0.3) is 0 Å². The van der Waals surface area contributed by atoms with Crippen molar-refractivity contribution in [1.29, 1.82) is 0 Å². The molecule has 1 fully saturated rings. The van der Waals surface area contributed by atoms with Gasteiger partial charge in [0.15, 0.2) is 11.5 Å². The van der Waals surface area contributed by atoms with E-state index in [2.05, 4.69) is 5.32 Å². The number of hydrogen-bond acceptors (Lipinski definition) is 5. The second kappa shape index (κ2) is 8.39. The number of halogens is 1. The predicted molar refractivity (Wildman–Crippen MR) is 107 cm³/mol. The van der Waals surface area contributed by atoms with Crippen LogP contribution in [-0.4, -0.2) is 39.7 Å². The Labute approximate surface area is 168 Å². The van der Waals surface area contributed by atoms with Gasteiger partial charge >= 0.3 is 0 Å². The summed E-state index contributed by atoms with van der Waals surface area (Å²) in [6.07, 6.45) is 0.106. The molecule has 28 heavy (non-hydrogen) atoms. The highest BCUT2D eigenvalue weighted by atomic mass is 35.5. The van der Waals surface area contributed by atoms with E-state index in [0.717, 1.165) is 0 Å². The van der Waals surface area contributed by atoms with Gasteiger partial charge in [0, 0.05) is 25.1 Å². The fourth-order valence-electron chi connectivity index (χ4n) is 3.15. The van der Waals surface area contributed by atoms with Gasteiger partial charge in [0.25, 0.3) is 0 Å². The van der Waals surface area contributed by atoms with Gasteiger partial charge in [-0.15, -0.1) is 0 Å². The Hall–Kier alpha value is -2.93. The van der Waals surface area contributed by atoms with Crippen LogP contribution in [0.15, 0.2) is 36.4 Å². The summed E-state index contributed by atoms with van der Waals surface area (Å²) in [4.78, 5) is 26.8. The number of nitrogens with one attached hydrogen (secondary N) is 1. The van der Waals surface area contributed by atoms with Gasteiger partial charge in [-0.3, -0.25) is 9.59 Å². The molecule has 1 aliphatic rings. The lowest BCUT2D eigenvalue weighted by Gasteiger charge is -2.19. The van der Waals surface area contributed by atoms with E-state index in [4.69, 9.17) is 25.8 Å². The summed E-state index contributed by atoms with van der Waals surface area (Å²) < 4.78 is 15.8. The summed E-state index contributed by atoms with van der Waals surface area (Å²) in [5.41, 5.74) is 1.04. The van der Waals surface area contributed by atoms with E-state index in [0.29, 0.717) is 33.6 Å². The normalized spacial score (nSPS) is 16.1. The summed E-state index contributed by atoms with van der Waals surface area (Å²) in [6, 6.07) is 10.4. The molecule has 0 aromatic heterocycles. The molecule has 0 spiro atoms. The van der Waals surface area contributed by atoms with Gasteiger partial charge in [-0.25, -0.2) is 0 Å². The number of carbonyl (C=O) groups excluding carboxylic acids is 2. The standard InChI is InChI=1S/C20H21ClN2O5/c1-26-16-7-5-4-6-15(16)23-11-12(8-19(23)24)20(25)22-14-10-18(28-3)17(27-2)9-13(14)21/h4-7,9-10,12H,8,11H2,1-3H3,(H,22,25). The molecule has 1 atom stereocenters. The summed E-state index contributed by atoms with van der Waals surface area (Å²) >= 11 is 6.24. The number of nitrogens with zero attached hydrogens (tertiary/aromatic N) is 1. The topological polar surface area (TPSA) is 77.1 Å². The van der Waals surface area contributed by atoms with Crippen molar-refractivity contribution in [2.24, 2.45) is 5.92 Å².